The topological polar surface area (TPSA) is 75.7 Å². The van der Waals surface area contributed by atoms with Gasteiger partial charge in [0.15, 0.2) is 0 Å². The standard InChI is InChI=1S/C19H24N2O4S/c1-4-25-19(22)16-10-12-17(13-11-16)26(23,24)20-14-18(21(2)3)15-8-6-5-7-9-15/h5-13,18,20H,4,14H2,1-3H3/t18-/m0/s1. The number of benzene rings is 2. The van der Waals surface area contributed by atoms with Crippen LogP contribution in [-0.4, -0.2) is 46.5 Å². The SMILES string of the molecule is CCOC(=O)c1ccc(S(=O)(=O)NC[C@@H](c2ccccc2)N(C)C)cc1. The zero-order valence-electron chi connectivity index (χ0n) is 15.2. The molecule has 0 heterocycles. The average Bonchev–Trinajstić information content (AvgIpc) is 2.63. The summed E-state index contributed by atoms with van der Waals surface area (Å²) in [6, 6.07) is 15.3. The highest BCUT2D eigenvalue weighted by molar-refractivity contribution is 7.89. The summed E-state index contributed by atoms with van der Waals surface area (Å²) in [5.41, 5.74) is 1.35. The van der Waals surface area contributed by atoms with Crippen molar-refractivity contribution in [3.8, 4) is 0 Å². The molecule has 6 nitrogen and oxygen atoms in total. The third-order valence-electron chi connectivity index (χ3n) is 3.95. The van der Waals surface area contributed by atoms with E-state index in [1.807, 2.05) is 49.3 Å². The minimum atomic E-state index is -3.68. The lowest BCUT2D eigenvalue weighted by Gasteiger charge is -2.25. The molecule has 0 radical (unpaired) electrons. The first kappa shape index (κ1) is 20.1. The summed E-state index contributed by atoms with van der Waals surface area (Å²) < 4.78 is 32.6. The highest BCUT2D eigenvalue weighted by atomic mass is 32.2. The largest absolute Gasteiger partial charge is 0.462 e. The molecule has 0 aliphatic carbocycles. The summed E-state index contributed by atoms with van der Waals surface area (Å²) in [5.74, 6) is -0.471. The first-order valence-electron chi connectivity index (χ1n) is 8.33. The normalized spacial score (nSPS) is 12.8. The Kier molecular flexibility index (Phi) is 6.90. The van der Waals surface area contributed by atoms with Gasteiger partial charge in [-0.15, -0.1) is 0 Å². The van der Waals surface area contributed by atoms with Crippen molar-refractivity contribution in [3.05, 3.63) is 65.7 Å². The van der Waals surface area contributed by atoms with E-state index in [1.54, 1.807) is 6.92 Å². The zero-order chi connectivity index (χ0) is 19.2. The predicted molar refractivity (Wildman–Crippen MR) is 100 cm³/mol. The van der Waals surface area contributed by atoms with E-state index in [4.69, 9.17) is 4.74 Å². The highest BCUT2D eigenvalue weighted by Crippen LogP contribution is 2.18. The number of hydrogen-bond acceptors (Lipinski definition) is 5. The molecule has 0 saturated carbocycles. The zero-order valence-corrected chi connectivity index (χ0v) is 16.0. The second-order valence-electron chi connectivity index (χ2n) is 5.99. The van der Waals surface area contributed by atoms with Crippen LogP contribution >= 0.6 is 0 Å². The van der Waals surface area contributed by atoms with Crippen LogP contribution in [0.5, 0.6) is 0 Å². The Balaban J connectivity index is 2.11. The number of esters is 1. The molecule has 0 spiro atoms. The summed E-state index contributed by atoms with van der Waals surface area (Å²) in [4.78, 5) is 13.7. The van der Waals surface area contributed by atoms with Crippen LogP contribution in [0.15, 0.2) is 59.5 Å². The number of nitrogens with zero attached hydrogens (tertiary/aromatic N) is 1. The number of hydrogen-bond donors (Lipinski definition) is 1. The first-order chi connectivity index (χ1) is 12.3. The minimum Gasteiger partial charge on any atom is -0.462 e. The van der Waals surface area contributed by atoms with Crippen molar-refractivity contribution < 1.29 is 17.9 Å². The Bertz CT molecular complexity index is 818. The number of ether oxygens (including phenoxy) is 1. The van der Waals surface area contributed by atoms with E-state index < -0.39 is 16.0 Å². The lowest BCUT2D eigenvalue weighted by atomic mass is 10.1. The maximum absolute atomic E-state index is 12.6. The maximum Gasteiger partial charge on any atom is 0.338 e. The lowest BCUT2D eigenvalue weighted by molar-refractivity contribution is 0.0526. The van der Waals surface area contributed by atoms with Gasteiger partial charge in [-0.25, -0.2) is 17.9 Å². The molecule has 2 aromatic rings. The summed E-state index contributed by atoms with van der Waals surface area (Å²) in [7, 11) is 0.125. The number of sulfonamides is 1. The van der Waals surface area contributed by atoms with Gasteiger partial charge in [-0.1, -0.05) is 30.3 Å². The summed E-state index contributed by atoms with van der Waals surface area (Å²) >= 11 is 0. The van der Waals surface area contributed by atoms with Crippen molar-refractivity contribution in [2.75, 3.05) is 27.2 Å². The van der Waals surface area contributed by atoms with E-state index >= 15 is 0 Å². The number of likely N-dealkylation sites (N-methyl/N-ethyl adjacent to an activating group) is 1. The smallest absolute Gasteiger partial charge is 0.338 e. The fourth-order valence-corrected chi connectivity index (χ4v) is 3.57. The van der Waals surface area contributed by atoms with E-state index in [1.165, 1.54) is 24.3 Å². The van der Waals surface area contributed by atoms with Gasteiger partial charge < -0.3 is 9.64 Å². The number of nitrogens with one attached hydrogen (secondary N) is 1. The van der Waals surface area contributed by atoms with Crippen molar-refractivity contribution in [2.24, 2.45) is 0 Å². The summed E-state index contributed by atoms with van der Waals surface area (Å²) in [6.07, 6.45) is 0. The number of carbonyl (C=O) groups is 1. The van der Waals surface area contributed by atoms with E-state index in [0.29, 0.717) is 5.56 Å². The molecule has 2 rings (SSSR count). The van der Waals surface area contributed by atoms with Gasteiger partial charge in [-0.2, -0.15) is 0 Å². The Labute approximate surface area is 154 Å². The molecule has 1 N–H and O–H groups in total. The first-order valence-corrected chi connectivity index (χ1v) is 9.81. The molecular formula is C19H24N2O4S. The van der Waals surface area contributed by atoms with Crippen LogP contribution in [0.4, 0.5) is 0 Å². The fraction of sp³-hybridized carbons (Fsp3) is 0.316. The quantitative estimate of drug-likeness (QED) is 0.716. The average molecular weight is 376 g/mol. The van der Waals surface area contributed by atoms with E-state index in [-0.39, 0.29) is 24.1 Å². The molecule has 0 bridgehead atoms. The Hall–Kier alpha value is -2.22. The van der Waals surface area contributed by atoms with Crippen molar-refractivity contribution in [3.63, 3.8) is 0 Å². The summed E-state index contributed by atoms with van der Waals surface area (Å²) in [5, 5.41) is 0. The van der Waals surface area contributed by atoms with Crippen molar-refractivity contribution in [1.82, 2.24) is 9.62 Å². The Morgan fingerprint density at radius 1 is 1.08 bits per heavy atom. The second kappa shape index (κ2) is 8.93. The molecule has 0 aliphatic heterocycles. The Morgan fingerprint density at radius 2 is 1.69 bits per heavy atom. The minimum absolute atomic E-state index is 0.0928. The Morgan fingerprint density at radius 3 is 2.23 bits per heavy atom. The third kappa shape index (κ3) is 5.14. The van der Waals surface area contributed by atoms with Crippen LogP contribution in [0, 0.1) is 0 Å². The molecule has 1 atom stereocenters. The second-order valence-corrected chi connectivity index (χ2v) is 7.75. The molecule has 0 fully saturated rings. The van der Waals surface area contributed by atoms with Crippen LogP contribution in [0.2, 0.25) is 0 Å². The van der Waals surface area contributed by atoms with Gasteiger partial charge in [0.2, 0.25) is 10.0 Å². The number of carbonyl (C=O) groups excluding carboxylic acids is 1. The molecule has 0 saturated heterocycles. The molecule has 0 amide bonds. The van der Waals surface area contributed by atoms with Gasteiger partial charge in [-0.05, 0) is 50.8 Å². The fourth-order valence-electron chi connectivity index (χ4n) is 2.53. The van der Waals surface area contributed by atoms with E-state index in [2.05, 4.69) is 4.72 Å². The van der Waals surface area contributed by atoms with Gasteiger partial charge >= 0.3 is 5.97 Å². The van der Waals surface area contributed by atoms with Gasteiger partial charge in [0, 0.05) is 12.6 Å². The highest BCUT2D eigenvalue weighted by Gasteiger charge is 2.20. The molecule has 0 unspecified atom stereocenters. The molecule has 26 heavy (non-hydrogen) atoms. The van der Waals surface area contributed by atoms with Crippen LogP contribution in [0.3, 0.4) is 0 Å². The lowest BCUT2D eigenvalue weighted by Crippen LogP contribution is -2.34. The summed E-state index contributed by atoms with van der Waals surface area (Å²) in [6.45, 7) is 2.22. The van der Waals surface area contributed by atoms with Gasteiger partial charge in [0.25, 0.3) is 0 Å². The maximum atomic E-state index is 12.6. The van der Waals surface area contributed by atoms with Crippen LogP contribution in [0.1, 0.15) is 28.9 Å². The molecule has 140 valence electrons. The molecule has 7 heteroatoms. The van der Waals surface area contributed by atoms with Crippen LogP contribution in [0.25, 0.3) is 0 Å². The molecule has 0 aromatic heterocycles. The van der Waals surface area contributed by atoms with Crippen molar-refractivity contribution in [1.29, 1.82) is 0 Å². The van der Waals surface area contributed by atoms with Crippen LogP contribution in [-0.2, 0) is 14.8 Å². The van der Waals surface area contributed by atoms with Crippen LogP contribution < -0.4 is 4.72 Å². The van der Waals surface area contributed by atoms with E-state index in [0.717, 1.165) is 5.56 Å². The number of rotatable bonds is 8. The van der Waals surface area contributed by atoms with Crippen molar-refractivity contribution in [2.45, 2.75) is 17.9 Å². The molecule has 2 aromatic carbocycles. The van der Waals surface area contributed by atoms with E-state index in [9.17, 15) is 13.2 Å². The van der Waals surface area contributed by atoms with Gasteiger partial charge in [0.05, 0.1) is 17.1 Å². The van der Waals surface area contributed by atoms with Crippen molar-refractivity contribution >= 4 is 16.0 Å². The third-order valence-corrected chi connectivity index (χ3v) is 5.39. The monoisotopic (exact) mass is 376 g/mol. The van der Waals surface area contributed by atoms with Gasteiger partial charge in [-0.3, -0.25) is 0 Å². The molecule has 0 aliphatic rings. The van der Waals surface area contributed by atoms with Gasteiger partial charge in [0.1, 0.15) is 0 Å². The predicted octanol–water partition coefficient (Wildman–Crippen LogP) is 2.44. The molecular weight excluding hydrogens is 352 g/mol.